The van der Waals surface area contributed by atoms with Gasteiger partial charge in [0.2, 0.25) is 0 Å². The summed E-state index contributed by atoms with van der Waals surface area (Å²) in [6.45, 7) is 14.0. The summed E-state index contributed by atoms with van der Waals surface area (Å²) in [6, 6.07) is 8.28. The zero-order valence-corrected chi connectivity index (χ0v) is 15.8. The predicted octanol–water partition coefficient (Wildman–Crippen LogP) is 5.37. The minimum atomic E-state index is 0.0590. The Balaban J connectivity index is 1.98. The number of aromatic nitrogens is 2. The minimum Gasteiger partial charge on any atom is -0.491 e. The molecule has 0 N–H and O–H groups in total. The van der Waals surface area contributed by atoms with Gasteiger partial charge in [0.15, 0.2) is 0 Å². The summed E-state index contributed by atoms with van der Waals surface area (Å²) < 4.78 is 6.01. The van der Waals surface area contributed by atoms with Gasteiger partial charge in [-0.25, -0.2) is 0 Å². The largest absolute Gasteiger partial charge is 0.491 e. The summed E-state index contributed by atoms with van der Waals surface area (Å²) in [6.07, 6.45) is 6.59. The first-order chi connectivity index (χ1) is 11.2. The first kappa shape index (κ1) is 18.4. The Hall–Kier alpha value is -1.90. The summed E-state index contributed by atoms with van der Waals surface area (Å²) in [5, 5.41) is 0. The molecule has 3 nitrogen and oxygen atoms in total. The molecule has 0 radical (unpaired) electrons. The molecule has 2 heterocycles. The quantitative estimate of drug-likeness (QED) is 0.686. The maximum absolute atomic E-state index is 6.01. The number of rotatable bonds is 7. The number of nitrogens with zero attached hydrogens (tertiary/aromatic N) is 2. The van der Waals surface area contributed by atoms with E-state index in [1.54, 1.807) is 0 Å². The van der Waals surface area contributed by atoms with Crippen LogP contribution in [0.15, 0.2) is 42.9 Å². The lowest BCUT2D eigenvalue weighted by Gasteiger charge is -2.35. The fraction of sp³-hybridized carbons (Fsp3) is 0.524. The molecular formula is C21H30N2O. The highest BCUT2D eigenvalue weighted by Gasteiger charge is 2.30. The molecule has 3 heteroatoms. The van der Waals surface area contributed by atoms with Crippen LogP contribution in [0.5, 0.6) is 5.75 Å². The lowest BCUT2D eigenvalue weighted by molar-refractivity contribution is 0.143. The van der Waals surface area contributed by atoms with Gasteiger partial charge >= 0.3 is 0 Å². The Bertz CT molecular complexity index is 631. The summed E-state index contributed by atoms with van der Waals surface area (Å²) in [4.78, 5) is 8.59. The van der Waals surface area contributed by atoms with E-state index in [0.29, 0.717) is 12.5 Å². The van der Waals surface area contributed by atoms with E-state index in [1.807, 2.05) is 30.7 Å². The fourth-order valence-corrected chi connectivity index (χ4v) is 3.25. The third-order valence-corrected chi connectivity index (χ3v) is 4.36. The fourth-order valence-electron chi connectivity index (χ4n) is 3.25. The molecule has 0 unspecified atom stereocenters. The van der Waals surface area contributed by atoms with Crippen LogP contribution in [0.1, 0.15) is 65.1 Å². The van der Waals surface area contributed by atoms with E-state index in [9.17, 15) is 0 Å². The van der Waals surface area contributed by atoms with Gasteiger partial charge in [-0.15, -0.1) is 0 Å². The zero-order chi connectivity index (χ0) is 17.8. The van der Waals surface area contributed by atoms with Crippen LogP contribution < -0.4 is 4.74 Å². The third kappa shape index (κ3) is 5.05. The number of hydrogen-bond acceptors (Lipinski definition) is 3. The first-order valence-electron chi connectivity index (χ1n) is 8.69. The van der Waals surface area contributed by atoms with Crippen LogP contribution in [-0.4, -0.2) is 16.6 Å². The van der Waals surface area contributed by atoms with Crippen LogP contribution in [0.4, 0.5) is 0 Å². The Morgan fingerprint density at radius 2 is 1.67 bits per heavy atom. The normalized spacial score (nSPS) is 12.5. The average molecular weight is 326 g/mol. The molecule has 24 heavy (non-hydrogen) atoms. The van der Waals surface area contributed by atoms with Crippen LogP contribution in [0.25, 0.3) is 0 Å². The number of ether oxygens (including phenoxy) is 1. The summed E-state index contributed by atoms with van der Waals surface area (Å²) in [5.74, 6) is 1.28. The second kappa shape index (κ2) is 7.33. The molecule has 0 bridgehead atoms. The maximum Gasteiger partial charge on any atom is 0.137 e. The van der Waals surface area contributed by atoms with E-state index >= 15 is 0 Å². The molecule has 2 aromatic rings. The predicted molar refractivity (Wildman–Crippen MR) is 99.5 cm³/mol. The van der Waals surface area contributed by atoms with Crippen molar-refractivity contribution >= 4 is 0 Å². The molecule has 0 aliphatic heterocycles. The van der Waals surface area contributed by atoms with E-state index in [-0.39, 0.29) is 10.8 Å². The van der Waals surface area contributed by atoms with Gasteiger partial charge in [0.25, 0.3) is 0 Å². The lowest BCUT2D eigenvalue weighted by atomic mass is 9.72. The van der Waals surface area contributed by atoms with Gasteiger partial charge in [-0.1, -0.05) is 41.5 Å². The Kier molecular flexibility index (Phi) is 5.63. The van der Waals surface area contributed by atoms with Crippen molar-refractivity contribution in [2.45, 2.75) is 59.3 Å². The summed E-state index contributed by atoms with van der Waals surface area (Å²) >= 11 is 0. The topological polar surface area (TPSA) is 35.0 Å². The Morgan fingerprint density at radius 3 is 2.21 bits per heavy atom. The van der Waals surface area contributed by atoms with Crippen LogP contribution in [0.2, 0.25) is 0 Å². The third-order valence-electron chi connectivity index (χ3n) is 4.36. The second-order valence-electron chi connectivity index (χ2n) is 8.32. The van der Waals surface area contributed by atoms with Crippen LogP contribution in [0.3, 0.4) is 0 Å². The minimum absolute atomic E-state index is 0.0590. The van der Waals surface area contributed by atoms with Crippen LogP contribution in [0, 0.1) is 5.41 Å². The van der Waals surface area contributed by atoms with Crippen LogP contribution >= 0.6 is 0 Å². The molecule has 0 atom stereocenters. The number of hydrogen-bond donors (Lipinski definition) is 0. The van der Waals surface area contributed by atoms with Crippen LogP contribution in [-0.2, 0) is 5.41 Å². The second-order valence-corrected chi connectivity index (χ2v) is 8.32. The summed E-state index contributed by atoms with van der Waals surface area (Å²) in [7, 11) is 0. The van der Waals surface area contributed by atoms with Gasteiger partial charge in [-0.2, -0.15) is 0 Å². The molecule has 0 spiro atoms. The molecular weight excluding hydrogens is 296 g/mol. The van der Waals surface area contributed by atoms with Gasteiger partial charge in [0, 0.05) is 18.1 Å². The molecule has 0 amide bonds. The van der Waals surface area contributed by atoms with Gasteiger partial charge in [-0.05, 0) is 53.0 Å². The molecule has 0 aliphatic rings. The highest BCUT2D eigenvalue weighted by molar-refractivity contribution is 5.22. The zero-order valence-electron chi connectivity index (χ0n) is 15.8. The van der Waals surface area contributed by atoms with E-state index in [4.69, 9.17) is 4.74 Å². The van der Waals surface area contributed by atoms with Gasteiger partial charge in [-0.3, -0.25) is 9.97 Å². The lowest BCUT2D eigenvalue weighted by Crippen LogP contribution is -2.31. The van der Waals surface area contributed by atoms with Crippen molar-refractivity contribution in [3.8, 4) is 5.75 Å². The molecule has 2 rings (SSSR count). The highest BCUT2D eigenvalue weighted by atomic mass is 16.5. The van der Waals surface area contributed by atoms with Crippen molar-refractivity contribution in [3.63, 3.8) is 0 Å². The maximum atomic E-state index is 6.01. The van der Waals surface area contributed by atoms with Crippen molar-refractivity contribution in [3.05, 3.63) is 54.1 Å². The van der Waals surface area contributed by atoms with Crippen molar-refractivity contribution in [1.82, 2.24) is 9.97 Å². The summed E-state index contributed by atoms with van der Waals surface area (Å²) in [5.41, 5.74) is 2.55. The van der Waals surface area contributed by atoms with Gasteiger partial charge in [0.05, 0.1) is 12.8 Å². The highest BCUT2D eigenvalue weighted by Crippen LogP contribution is 2.36. The molecule has 0 saturated carbocycles. The first-order valence-corrected chi connectivity index (χ1v) is 8.69. The van der Waals surface area contributed by atoms with E-state index < -0.39 is 0 Å². The monoisotopic (exact) mass is 326 g/mol. The molecule has 2 aromatic heterocycles. The molecule has 0 saturated heterocycles. The van der Waals surface area contributed by atoms with E-state index in [2.05, 4.69) is 63.6 Å². The van der Waals surface area contributed by atoms with Gasteiger partial charge < -0.3 is 4.74 Å². The van der Waals surface area contributed by atoms with E-state index in [1.165, 1.54) is 5.56 Å². The Labute approximate surface area is 146 Å². The van der Waals surface area contributed by atoms with Crippen molar-refractivity contribution in [2.24, 2.45) is 5.41 Å². The SMILES string of the molecule is CC(C)c1ccc(OCC(C)(C)CC(C)(C)c2ccncc2)cn1. The van der Waals surface area contributed by atoms with Crippen molar-refractivity contribution in [1.29, 1.82) is 0 Å². The van der Waals surface area contributed by atoms with Gasteiger partial charge in [0.1, 0.15) is 5.75 Å². The molecule has 0 aliphatic carbocycles. The Morgan fingerprint density at radius 1 is 1.00 bits per heavy atom. The van der Waals surface area contributed by atoms with Crippen molar-refractivity contribution in [2.75, 3.05) is 6.61 Å². The number of pyridine rings is 2. The molecule has 130 valence electrons. The standard InChI is InChI=1S/C21H30N2O/c1-16(2)19-8-7-18(13-23-19)24-15-20(3,4)14-21(5,6)17-9-11-22-12-10-17/h7-13,16H,14-15H2,1-6H3. The molecule has 0 fully saturated rings. The van der Waals surface area contributed by atoms with Crippen molar-refractivity contribution < 1.29 is 4.74 Å². The average Bonchev–Trinajstić information content (AvgIpc) is 2.53. The smallest absolute Gasteiger partial charge is 0.137 e. The van der Waals surface area contributed by atoms with E-state index in [0.717, 1.165) is 17.9 Å². The molecule has 0 aromatic carbocycles.